The van der Waals surface area contributed by atoms with E-state index in [1.54, 1.807) is 0 Å². The molecule has 0 N–H and O–H groups in total. The first-order chi connectivity index (χ1) is 51.3. The van der Waals surface area contributed by atoms with Gasteiger partial charge in [0.05, 0.1) is 57.4 Å². The van der Waals surface area contributed by atoms with Crippen LogP contribution in [0.1, 0.15) is 139 Å². The van der Waals surface area contributed by atoms with Crippen molar-refractivity contribution in [1.82, 2.24) is 24.5 Å². The topological polar surface area (TPSA) is 76.1 Å². The van der Waals surface area contributed by atoms with Crippen LogP contribution in [-0.2, 0) is 27.1 Å². The van der Waals surface area contributed by atoms with E-state index in [1.165, 1.54) is 0 Å². The van der Waals surface area contributed by atoms with Crippen molar-refractivity contribution in [3.63, 3.8) is 0 Å². The fraction of sp³-hybridized carbons (Fsp3) is 0.213. The second-order valence-electron chi connectivity index (χ2n) is 33.1. The predicted molar refractivity (Wildman–Crippen MR) is 434 cm³/mol. The average Bonchev–Trinajstić information content (AvgIpc) is 0.755. The summed E-state index contributed by atoms with van der Waals surface area (Å²) in [4.78, 5) is 27.5. The molecule has 506 valence electrons. The minimum absolute atomic E-state index is 0.114. The third-order valence-electron chi connectivity index (χ3n) is 20.8. The van der Waals surface area contributed by atoms with Gasteiger partial charge in [-0.25, -0.2) is 0 Å². The molecule has 6 aromatic heterocycles. The minimum Gasteiger partial charge on any atom is -0.455 e. The van der Waals surface area contributed by atoms with Crippen molar-refractivity contribution in [3.8, 4) is 61.8 Å². The zero-order chi connectivity index (χ0) is 75.7. The smallest absolute Gasteiger partial charge is 0.252 e. The van der Waals surface area contributed by atoms with Crippen LogP contribution in [0.4, 0.5) is 34.1 Å². The molecule has 0 unspecified atom stereocenters. The van der Waals surface area contributed by atoms with Gasteiger partial charge in [0.2, 0.25) is 0 Å². The first-order valence-electron chi connectivity index (χ1n) is 38.5. The first kappa shape index (κ1) is 59.5. The van der Waals surface area contributed by atoms with Crippen LogP contribution in [0.2, 0.25) is 0 Å². The maximum absolute atomic E-state index is 9.67. The lowest BCUT2D eigenvalue weighted by molar-refractivity contribution is 0.569. The summed E-state index contributed by atoms with van der Waals surface area (Å²) in [5.41, 5.74) is 23.1. The molecular formula is C94H86BN7O. The number of fused-ring (bicyclic) bond motifs is 11. The third-order valence-corrected chi connectivity index (χ3v) is 20.8. The van der Waals surface area contributed by atoms with Gasteiger partial charge in [-0.05, 0) is 142 Å². The van der Waals surface area contributed by atoms with E-state index < -0.39 is 30.3 Å². The molecule has 8 nitrogen and oxygen atoms in total. The Balaban J connectivity index is 1.07. The molecule has 0 saturated carbocycles. The number of para-hydroxylation sites is 4. The van der Waals surface area contributed by atoms with Gasteiger partial charge in [0.25, 0.3) is 6.71 Å². The Hall–Kier alpha value is -11.2. The Morgan fingerprint density at radius 2 is 0.835 bits per heavy atom. The van der Waals surface area contributed by atoms with Gasteiger partial charge in [0.15, 0.2) is 0 Å². The van der Waals surface area contributed by atoms with Gasteiger partial charge in [0, 0.05) is 111 Å². The summed E-state index contributed by atoms with van der Waals surface area (Å²) in [5, 5.41) is 4.17. The molecule has 0 saturated heterocycles. The molecule has 2 aliphatic heterocycles. The Morgan fingerprint density at radius 1 is 0.359 bits per heavy atom. The number of hydrogen-bond acceptors (Lipinski definition) is 7. The van der Waals surface area contributed by atoms with Crippen LogP contribution < -0.4 is 26.2 Å². The van der Waals surface area contributed by atoms with Gasteiger partial charge in [-0.15, -0.1) is 0 Å². The monoisotopic (exact) mass is 1340 g/mol. The molecule has 0 amide bonds. The van der Waals surface area contributed by atoms with Crippen LogP contribution in [0.3, 0.4) is 0 Å². The van der Waals surface area contributed by atoms with Gasteiger partial charge < -0.3 is 18.8 Å². The minimum atomic E-state index is -0.575. The Kier molecular flexibility index (Phi) is 13.7. The van der Waals surface area contributed by atoms with Crippen LogP contribution in [0.5, 0.6) is 0 Å². The van der Waals surface area contributed by atoms with Crippen molar-refractivity contribution in [2.75, 3.05) is 9.80 Å². The molecule has 15 aromatic rings. The van der Waals surface area contributed by atoms with E-state index in [0.717, 1.165) is 173 Å². The van der Waals surface area contributed by atoms with E-state index >= 15 is 0 Å². The van der Waals surface area contributed by atoms with Gasteiger partial charge in [-0.2, -0.15) is 0 Å². The molecule has 0 aliphatic carbocycles. The SMILES string of the molecule is [2H]c1c([2H])c([2H])c(-c2ccc3c(c2)B2c4ccc(-n5c6ccccc6c6c7oc8ccccc8c7ccc65)cc4N(c4c(-c5cccc(C(C)(C)C)n5)cccc4-c4cccc(C(C)(C)C)n4)c4cc(C(C)(C)C)cc(c42)N3c2c(-c3cccc(C(C)(C)C)n3)cccc2-c2cccc(C(C)(C)C)n2)c([2H])c1[2H]. The van der Waals surface area contributed by atoms with E-state index in [2.05, 4.69) is 318 Å². The van der Waals surface area contributed by atoms with Crippen LogP contribution in [-0.4, -0.2) is 31.2 Å². The summed E-state index contributed by atoms with van der Waals surface area (Å²) >= 11 is 0. The number of pyridine rings is 4. The van der Waals surface area contributed by atoms with Crippen molar-refractivity contribution >= 4 is 101 Å². The number of anilines is 6. The highest BCUT2D eigenvalue weighted by Crippen LogP contribution is 2.55. The molecule has 0 radical (unpaired) electrons. The van der Waals surface area contributed by atoms with Gasteiger partial charge >= 0.3 is 0 Å². The molecule has 0 bridgehead atoms. The van der Waals surface area contributed by atoms with Gasteiger partial charge in [-0.1, -0.05) is 249 Å². The fourth-order valence-corrected chi connectivity index (χ4v) is 15.5. The summed E-state index contributed by atoms with van der Waals surface area (Å²) in [6.07, 6.45) is 0. The Morgan fingerprint density at radius 3 is 1.34 bits per heavy atom. The third kappa shape index (κ3) is 11.0. The molecule has 0 fully saturated rings. The van der Waals surface area contributed by atoms with Crippen molar-refractivity contribution in [1.29, 1.82) is 0 Å². The summed E-state index contributed by atoms with van der Waals surface area (Å²) in [7, 11) is 0. The molecular weight excluding hydrogens is 1250 g/mol. The highest BCUT2D eigenvalue weighted by Gasteiger charge is 2.47. The van der Waals surface area contributed by atoms with E-state index in [4.69, 9.17) is 25.7 Å². The summed E-state index contributed by atoms with van der Waals surface area (Å²) in [5.74, 6) is 0. The molecule has 9 heteroatoms. The Bertz CT molecular complexity index is 6090. The Labute approximate surface area is 612 Å². The van der Waals surface area contributed by atoms with Crippen LogP contribution >= 0.6 is 0 Å². The quantitative estimate of drug-likeness (QED) is 0.140. The lowest BCUT2D eigenvalue weighted by Gasteiger charge is -2.46. The average molecular weight is 1350 g/mol. The molecule has 2 aliphatic rings. The van der Waals surface area contributed by atoms with Crippen LogP contribution in [0, 0.1) is 0 Å². The summed E-state index contributed by atoms with van der Waals surface area (Å²) < 4.78 is 55.8. The molecule has 17 rings (SSSR count). The first-order valence-corrected chi connectivity index (χ1v) is 36.0. The van der Waals surface area contributed by atoms with Gasteiger partial charge in [-0.3, -0.25) is 19.9 Å². The van der Waals surface area contributed by atoms with Gasteiger partial charge in [0.1, 0.15) is 11.2 Å². The maximum Gasteiger partial charge on any atom is 0.252 e. The summed E-state index contributed by atoms with van der Waals surface area (Å²) in [6.45, 7) is 32.8. The number of benzene rings is 9. The second kappa shape index (κ2) is 23.7. The lowest BCUT2D eigenvalue weighted by atomic mass is 9.33. The fourth-order valence-electron chi connectivity index (χ4n) is 15.5. The maximum atomic E-state index is 9.67. The van der Waals surface area contributed by atoms with E-state index in [1.807, 2.05) is 18.2 Å². The van der Waals surface area contributed by atoms with Crippen molar-refractivity contribution in [2.24, 2.45) is 0 Å². The van der Waals surface area contributed by atoms with E-state index in [0.29, 0.717) is 5.56 Å². The number of rotatable bonds is 8. The van der Waals surface area contributed by atoms with E-state index in [9.17, 15) is 5.48 Å². The zero-order valence-corrected chi connectivity index (χ0v) is 61.4. The number of hydrogen-bond donors (Lipinski definition) is 0. The zero-order valence-electron chi connectivity index (χ0n) is 66.4. The lowest BCUT2D eigenvalue weighted by Crippen LogP contribution is -2.61. The van der Waals surface area contributed by atoms with Crippen molar-refractivity contribution in [2.45, 2.75) is 131 Å². The molecule has 8 heterocycles. The van der Waals surface area contributed by atoms with Crippen molar-refractivity contribution < 1.29 is 11.3 Å². The van der Waals surface area contributed by atoms with Crippen LogP contribution in [0.15, 0.2) is 253 Å². The molecule has 9 aromatic carbocycles. The largest absolute Gasteiger partial charge is 0.455 e. The number of aromatic nitrogens is 5. The van der Waals surface area contributed by atoms with Crippen molar-refractivity contribution in [3.05, 3.63) is 277 Å². The van der Waals surface area contributed by atoms with Crippen LogP contribution in [0.25, 0.3) is 106 Å². The normalized spacial score (nSPS) is 14.0. The number of nitrogens with zero attached hydrogens (tertiary/aromatic N) is 7. The molecule has 103 heavy (non-hydrogen) atoms. The van der Waals surface area contributed by atoms with E-state index in [-0.39, 0.29) is 39.3 Å². The molecule has 0 spiro atoms. The number of furan rings is 1. The highest BCUT2D eigenvalue weighted by atomic mass is 16.3. The summed E-state index contributed by atoms with van der Waals surface area (Å²) in [6, 6.07) is 76.0. The highest BCUT2D eigenvalue weighted by molar-refractivity contribution is 7.00. The molecule has 0 atom stereocenters. The second-order valence-corrected chi connectivity index (χ2v) is 33.1. The standard InChI is InChI=1S/C94H86BN7O/c1-90(2,3)59-54-78-86-79(55-59)102(88-65(72-39-27-45-83(98-72)93(10,11)12)35-24-36-66(88)73-40-28-46-84(99-73)94(13,14)15)77-56-60(100-74-41-21-19-32-67(74)85-76(100)52-49-62-61-31-20-22-42-80(61)103-89(62)85)48-50-68(77)95(86)69-53-58(57-29-17-16-18-30-57)47-51-75(69)101(78)87-63(70-37-25-43-81(96-70)91(4,5)6)33-23-34-64(87)71-38-26-44-82(97-71)92(7,8)9/h16-56H,1-15H3/i16D,17D,18D,29D,30D. The predicted octanol–water partition coefficient (Wildman–Crippen LogP) is 23.2.